The van der Waals surface area contributed by atoms with Crippen LogP contribution < -0.4 is 21.3 Å². The molecule has 0 radical (unpaired) electrons. The van der Waals surface area contributed by atoms with Crippen molar-refractivity contribution in [3.05, 3.63) is 160 Å². The molecule has 2 aliphatic carbocycles. The first-order valence-corrected chi connectivity index (χ1v) is 24.7. The fraction of sp³-hybridized carbons (Fsp3) is 0.367. The highest BCUT2D eigenvalue weighted by atomic mass is 32.1. The SMILES string of the molecule is Cc1cc(-c2ccccc2)cc2c1B(c1c(Cc3ccc(C(C)(C)C)cc3)sc3cc4c(cc13)C(C)(C)CCC4(C)C)c1cc(-c3ccccc3)cc3c1N2C1(C)CCCCC31C. The molecular formula is C60H64BNS. The van der Waals surface area contributed by atoms with Crippen molar-refractivity contribution in [3.8, 4) is 22.3 Å². The molecule has 63 heavy (non-hydrogen) atoms. The number of benzene rings is 6. The maximum absolute atomic E-state index is 2.91. The molecule has 0 saturated heterocycles. The van der Waals surface area contributed by atoms with Crippen molar-refractivity contribution in [3.63, 3.8) is 0 Å². The molecule has 0 spiro atoms. The van der Waals surface area contributed by atoms with E-state index in [1.54, 1.807) is 16.7 Å². The molecule has 0 bridgehead atoms. The van der Waals surface area contributed by atoms with E-state index in [0.29, 0.717) is 0 Å². The third-order valence-corrected chi connectivity index (χ3v) is 18.1. The smallest absolute Gasteiger partial charge is 0.249 e. The van der Waals surface area contributed by atoms with Crippen LogP contribution in [0.15, 0.2) is 121 Å². The summed E-state index contributed by atoms with van der Waals surface area (Å²) in [6, 6.07) is 47.7. The zero-order chi connectivity index (χ0) is 43.8. The normalized spacial score (nSPS) is 21.8. The molecule has 6 aromatic carbocycles. The van der Waals surface area contributed by atoms with Crippen molar-refractivity contribution in [2.24, 2.45) is 0 Å². The fourth-order valence-electron chi connectivity index (χ4n) is 12.8. The van der Waals surface area contributed by atoms with E-state index in [4.69, 9.17) is 0 Å². The maximum atomic E-state index is 2.91. The Balaban J connectivity index is 1.26. The van der Waals surface area contributed by atoms with Crippen LogP contribution in [0.1, 0.15) is 139 Å². The van der Waals surface area contributed by atoms with Gasteiger partial charge in [0.1, 0.15) is 0 Å². The number of nitrogens with zero attached hydrogens (tertiary/aromatic N) is 1. The molecule has 2 aliphatic heterocycles. The van der Waals surface area contributed by atoms with E-state index < -0.39 is 0 Å². The van der Waals surface area contributed by atoms with Crippen LogP contribution in [-0.2, 0) is 28.1 Å². The van der Waals surface area contributed by atoms with Crippen molar-refractivity contribution in [1.82, 2.24) is 0 Å². The Labute approximate surface area is 382 Å². The summed E-state index contributed by atoms with van der Waals surface area (Å²) in [5, 5.41) is 1.47. The van der Waals surface area contributed by atoms with Crippen LogP contribution in [0.5, 0.6) is 0 Å². The minimum Gasteiger partial charge on any atom is -0.335 e. The van der Waals surface area contributed by atoms with Crippen molar-refractivity contribution >= 4 is 55.9 Å². The molecule has 3 heterocycles. The number of thiophene rings is 1. The van der Waals surface area contributed by atoms with E-state index >= 15 is 0 Å². The van der Waals surface area contributed by atoms with Gasteiger partial charge in [0.05, 0.1) is 5.54 Å². The van der Waals surface area contributed by atoms with Crippen LogP contribution in [-0.4, -0.2) is 12.3 Å². The lowest BCUT2D eigenvalue weighted by molar-refractivity contribution is 0.195. The molecule has 1 saturated carbocycles. The zero-order valence-electron chi connectivity index (χ0n) is 39.4. The number of hydrogen-bond donors (Lipinski definition) is 0. The van der Waals surface area contributed by atoms with Gasteiger partial charge in [-0.2, -0.15) is 0 Å². The lowest BCUT2D eigenvalue weighted by Crippen LogP contribution is -2.63. The van der Waals surface area contributed by atoms with Crippen LogP contribution in [0.2, 0.25) is 0 Å². The second-order valence-corrected chi connectivity index (χ2v) is 23.9. The maximum Gasteiger partial charge on any atom is 0.249 e. The average Bonchev–Trinajstić information content (AvgIpc) is 3.71. The van der Waals surface area contributed by atoms with Gasteiger partial charge in [-0.15, -0.1) is 11.3 Å². The quantitative estimate of drug-likeness (QED) is 0.156. The predicted octanol–water partition coefficient (Wildman–Crippen LogP) is 14.4. The van der Waals surface area contributed by atoms with Crippen LogP contribution >= 0.6 is 11.3 Å². The highest BCUT2D eigenvalue weighted by Gasteiger charge is 2.61. The standard InChI is InChI=1S/C60H64BNS/c1-38-31-42(40-19-13-11-14-20-40)35-50-53(38)61(49-34-43(41-21-15-12-16-22-41)33-48-55(49)62(50)60(10)28-18-17-27-59(48,60)9)54-45-36-46-47(58(7,8)30-29-57(46,5)6)37-51(45)63-52(54)32-39-23-25-44(26-24-39)56(2,3)4/h11-16,19-26,31,33-37H,17-18,27-30,32H2,1-10H3. The van der Waals surface area contributed by atoms with Crippen molar-refractivity contribution in [2.45, 2.75) is 141 Å². The van der Waals surface area contributed by atoms with E-state index in [1.807, 2.05) is 0 Å². The monoisotopic (exact) mass is 841 g/mol. The zero-order valence-corrected chi connectivity index (χ0v) is 40.2. The van der Waals surface area contributed by atoms with Crippen LogP contribution in [0, 0.1) is 6.92 Å². The molecular weight excluding hydrogens is 778 g/mol. The van der Waals surface area contributed by atoms with Crippen LogP contribution in [0.25, 0.3) is 32.3 Å². The van der Waals surface area contributed by atoms with E-state index in [-0.39, 0.29) is 33.9 Å². The van der Waals surface area contributed by atoms with Gasteiger partial charge < -0.3 is 4.90 Å². The van der Waals surface area contributed by atoms with Gasteiger partial charge in [-0.05, 0) is 152 Å². The molecule has 318 valence electrons. The van der Waals surface area contributed by atoms with Gasteiger partial charge in [0.25, 0.3) is 0 Å². The van der Waals surface area contributed by atoms with Gasteiger partial charge in [-0.25, -0.2) is 0 Å². The van der Waals surface area contributed by atoms with Gasteiger partial charge >= 0.3 is 0 Å². The summed E-state index contributed by atoms with van der Waals surface area (Å²) in [4.78, 5) is 4.42. The van der Waals surface area contributed by atoms with Gasteiger partial charge in [-0.1, -0.05) is 171 Å². The molecule has 4 aliphatic rings. The third-order valence-electron chi connectivity index (χ3n) is 16.9. The Morgan fingerprint density at radius 2 is 1.21 bits per heavy atom. The molecule has 2 atom stereocenters. The van der Waals surface area contributed by atoms with Crippen LogP contribution in [0.3, 0.4) is 0 Å². The minimum atomic E-state index is -0.0534. The summed E-state index contributed by atoms with van der Waals surface area (Å²) in [5.41, 5.74) is 21.8. The third kappa shape index (κ3) is 6.15. The topological polar surface area (TPSA) is 3.24 Å². The van der Waals surface area contributed by atoms with Gasteiger partial charge in [0.2, 0.25) is 6.71 Å². The Hall–Kier alpha value is -4.86. The number of hydrogen-bond acceptors (Lipinski definition) is 2. The summed E-state index contributed by atoms with van der Waals surface area (Å²) in [7, 11) is 0. The first-order chi connectivity index (χ1) is 30.0. The highest BCUT2D eigenvalue weighted by Crippen LogP contribution is 2.62. The van der Waals surface area contributed by atoms with Gasteiger partial charge in [0.15, 0.2) is 0 Å². The first-order valence-electron chi connectivity index (χ1n) is 23.9. The second kappa shape index (κ2) is 14.1. The molecule has 0 amide bonds. The molecule has 2 unspecified atom stereocenters. The molecule has 1 fully saturated rings. The first kappa shape index (κ1) is 40.9. The summed E-state index contributed by atoms with van der Waals surface area (Å²) < 4.78 is 1.45. The lowest BCUT2D eigenvalue weighted by Gasteiger charge is -2.52. The average molecular weight is 842 g/mol. The summed E-state index contributed by atoms with van der Waals surface area (Å²) >= 11 is 2.08. The Kier molecular flexibility index (Phi) is 9.13. The van der Waals surface area contributed by atoms with Gasteiger partial charge in [-0.3, -0.25) is 0 Å². The van der Waals surface area contributed by atoms with E-state index in [2.05, 4.69) is 207 Å². The van der Waals surface area contributed by atoms with Crippen LogP contribution in [0.4, 0.5) is 11.4 Å². The van der Waals surface area contributed by atoms with Crippen molar-refractivity contribution in [2.75, 3.05) is 4.90 Å². The number of anilines is 2. The van der Waals surface area contributed by atoms with E-state index in [9.17, 15) is 0 Å². The Bertz CT molecular complexity index is 2950. The molecule has 1 aromatic heterocycles. The lowest BCUT2D eigenvalue weighted by atomic mass is 9.33. The molecule has 0 N–H and O–H groups in total. The summed E-state index contributed by atoms with van der Waals surface area (Å²) in [6.45, 7) is 24.7. The summed E-state index contributed by atoms with van der Waals surface area (Å²) in [6.07, 6.45) is 8.27. The Morgan fingerprint density at radius 1 is 0.603 bits per heavy atom. The van der Waals surface area contributed by atoms with E-state index in [1.165, 1.54) is 120 Å². The summed E-state index contributed by atoms with van der Waals surface area (Å²) in [5.74, 6) is 0. The molecule has 1 nitrogen and oxygen atoms in total. The van der Waals surface area contributed by atoms with E-state index in [0.717, 1.165) is 6.42 Å². The number of fused-ring (bicyclic) bond motifs is 7. The number of aryl methyl sites for hydroxylation is 1. The second-order valence-electron chi connectivity index (χ2n) is 22.7. The fourth-order valence-corrected chi connectivity index (χ4v) is 14.1. The molecule has 11 rings (SSSR count). The highest BCUT2D eigenvalue weighted by molar-refractivity contribution is 7.22. The minimum absolute atomic E-state index is 0.00592. The van der Waals surface area contributed by atoms with Crippen molar-refractivity contribution in [1.29, 1.82) is 0 Å². The number of rotatable bonds is 5. The Morgan fingerprint density at radius 3 is 1.84 bits per heavy atom. The largest absolute Gasteiger partial charge is 0.335 e. The molecule has 3 heteroatoms. The molecule has 7 aromatic rings. The predicted molar refractivity (Wildman–Crippen MR) is 275 cm³/mol. The van der Waals surface area contributed by atoms with Crippen molar-refractivity contribution < 1.29 is 0 Å². The van der Waals surface area contributed by atoms with Gasteiger partial charge in [0, 0.05) is 32.8 Å².